The van der Waals surface area contributed by atoms with Crippen LogP contribution in [0.2, 0.25) is 0 Å². The van der Waals surface area contributed by atoms with Crippen LogP contribution < -0.4 is 5.32 Å². The zero-order chi connectivity index (χ0) is 12.7. The van der Waals surface area contributed by atoms with Gasteiger partial charge in [-0.2, -0.15) is 11.8 Å². The van der Waals surface area contributed by atoms with Gasteiger partial charge in [-0.05, 0) is 59.6 Å². The molecule has 2 nitrogen and oxygen atoms in total. The monoisotopic (exact) mass is 363 g/mol. The summed E-state index contributed by atoms with van der Waals surface area (Å²) in [5.74, 6) is 2.27. The van der Waals surface area contributed by atoms with Crippen LogP contribution in [0.5, 0.6) is 0 Å². The lowest BCUT2D eigenvalue weighted by Crippen LogP contribution is -2.33. The topological polar surface area (TPSA) is 29.1 Å². The molecule has 0 radical (unpaired) electrons. The van der Waals surface area contributed by atoms with E-state index in [4.69, 9.17) is 0 Å². The first-order valence-corrected chi connectivity index (χ1v) is 8.01. The number of rotatable bonds is 6. The molecule has 0 saturated heterocycles. The molecule has 1 rings (SSSR count). The minimum Gasteiger partial charge on any atom is -0.350 e. The molecule has 0 aromatic heterocycles. The molecule has 1 aromatic carbocycles. The molecule has 0 spiro atoms. The molecule has 1 unspecified atom stereocenters. The Morgan fingerprint density at radius 1 is 1.47 bits per heavy atom. The van der Waals surface area contributed by atoms with Crippen LogP contribution in [0.4, 0.5) is 0 Å². The van der Waals surface area contributed by atoms with Gasteiger partial charge in [-0.3, -0.25) is 4.79 Å². The van der Waals surface area contributed by atoms with Crippen LogP contribution in [0.1, 0.15) is 30.6 Å². The maximum absolute atomic E-state index is 12.0. The van der Waals surface area contributed by atoms with E-state index in [1.165, 1.54) is 0 Å². The minimum absolute atomic E-state index is 0.0315. The van der Waals surface area contributed by atoms with Crippen LogP contribution in [0, 0.1) is 3.57 Å². The maximum atomic E-state index is 12.0. The summed E-state index contributed by atoms with van der Waals surface area (Å²) in [4.78, 5) is 12.0. The fourth-order valence-electron chi connectivity index (χ4n) is 1.42. The van der Waals surface area contributed by atoms with Crippen molar-refractivity contribution in [1.82, 2.24) is 5.32 Å². The summed E-state index contributed by atoms with van der Waals surface area (Å²) >= 11 is 4.10. The van der Waals surface area contributed by atoms with Crippen molar-refractivity contribution in [3.63, 3.8) is 0 Å². The van der Waals surface area contributed by atoms with Gasteiger partial charge in [0, 0.05) is 9.61 Å². The number of carbonyl (C=O) groups excluding carboxylic acids is 1. The Morgan fingerprint density at radius 3 is 2.82 bits per heavy atom. The Labute approximate surface area is 121 Å². The second kappa shape index (κ2) is 7.97. The third kappa shape index (κ3) is 5.29. The fraction of sp³-hybridized carbons (Fsp3) is 0.462. The highest BCUT2D eigenvalue weighted by Gasteiger charge is 2.11. The van der Waals surface area contributed by atoms with Gasteiger partial charge in [-0.25, -0.2) is 0 Å². The van der Waals surface area contributed by atoms with Crippen molar-refractivity contribution in [3.8, 4) is 0 Å². The second-order valence-corrected chi connectivity index (χ2v) is 6.40. The smallest absolute Gasteiger partial charge is 0.252 e. The predicted octanol–water partition coefficient (Wildman–Crippen LogP) is 3.55. The third-order valence-corrected chi connectivity index (χ3v) is 4.27. The lowest BCUT2D eigenvalue weighted by atomic mass is 10.2. The number of hydrogen-bond donors (Lipinski definition) is 1. The zero-order valence-corrected chi connectivity index (χ0v) is 13.2. The summed E-state index contributed by atoms with van der Waals surface area (Å²) in [5.41, 5.74) is 0.767. The number of amides is 1. The van der Waals surface area contributed by atoms with Crippen LogP contribution in [0.25, 0.3) is 0 Å². The molecule has 1 aromatic rings. The van der Waals surface area contributed by atoms with Gasteiger partial charge in [0.1, 0.15) is 0 Å². The van der Waals surface area contributed by atoms with Crippen molar-refractivity contribution in [1.29, 1.82) is 0 Å². The molecule has 17 heavy (non-hydrogen) atoms. The van der Waals surface area contributed by atoms with Crippen LogP contribution in [-0.2, 0) is 0 Å². The number of benzene rings is 1. The molecular weight excluding hydrogens is 345 g/mol. The maximum Gasteiger partial charge on any atom is 0.252 e. The first kappa shape index (κ1) is 14.8. The second-order valence-electron chi connectivity index (χ2n) is 3.84. The SMILES string of the molecule is CCSCCC(C)NC(=O)c1ccccc1I. The summed E-state index contributed by atoms with van der Waals surface area (Å²) in [6.07, 6.45) is 1.02. The third-order valence-electron chi connectivity index (χ3n) is 2.40. The summed E-state index contributed by atoms with van der Waals surface area (Å²) in [6, 6.07) is 7.89. The molecule has 1 amide bonds. The van der Waals surface area contributed by atoms with Crippen molar-refractivity contribution < 1.29 is 4.79 Å². The van der Waals surface area contributed by atoms with Crippen molar-refractivity contribution >= 4 is 40.3 Å². The molecule has 0 fully saturated rings. The largest absolute Gasteiger partial charge is 0.350 e. The van der Waals surface area contributed by atoms with E-state index in [0.29, 0.717) is 0 Å². The van der Waals surface area contributed by atoms with E-state index in [2.05, 4.69) is 41.8 Å². The number of hydrogen-bond acceptors (Lipinski definition) is 2. The molecule has 94 valence electrons. The summed E-state index contributed by atoms with van der Waals surface area (Å²) in [5, 5.41) is 3.04. The number of thioether (sulfide) groups is 1. The zero-order valence-electron chi connectivity index (χ0n) is 10.2. The van der Waals surface area contributed by atoms with E-state index in [1.807, 2.05) is 36.0 Å². The lowest BCUT2D eigenvalue weighted by Gasteiger charge is -2.14. The molecule has 1 atom stereocenters. The van der Waals surface area contributed by atoms with Crippen LogP contribution in [0.15, 0.2) is 24.3 Å². The molecular formula is C13H18INOS. The predicted molar refractivity (Wildman–Crippen MR) is 83.7 cm³/mol. The highest BCUT2D eigenvalue weighted by molar-refractivity contribution is 14.1. The highest BCUT2D eigenvalue weighted by Crippen LogP contribution is 2.12. The van der Waals surface area contributed by atoms with Gasteiger partial charge in [0.25, 0.3) is 5.91 Å². The van der Waals surface area contributed by atoms with E-state index < -0.39 is 0 Å². The van der Waals surface area contributed by atoms with E-state index in [1.54, 1.807) is 0 Å². The molecule has 0 bridgehead atoms. The minimum atomic E-state index is 0.0315. The first-order valence-electron chi connectivity index (χ1n) is 5.78. The number of halogens is 1. The van der Waals surface area contributed by atoms with Crippen LogP contribution >= 0.6 is 34.4 Å². The van der Waals surface area contributed by atoms with Crippen molar-refractivity contribution in [2.24, 2.45) is 0 Å². The Morgan fingerprint density at radius 2 is 2.18 bits per heavy atom. The van der Waals surface area contributed by atoms with Gasteiger partial charge < -0.3 is 5.32 Å². The quantitative estimate of drug-likeness (QED) is 0.619. The lowest BCUT2D eigenvalue weighted by molar-refractivity contribution is 0.0938. The first-order chi connectivity index (χ1) is 8.15. The molecule has 0 saturated carbocycles. The van der Waals surface area contributed by atoms with E-state index in [0.717, 1.165) is 27.1 Å². The van der Waals surface area contributed by atoms with Gasteiger partial charge in [-0.1, -0.05) is 19.1 Å². The number of carbonyl (C=O) groups is 1. The van der Waals surface area contributed by atoms with E-state index in [-0.39, 0.29) is 11.9 Å². The molecule has 0 aliphatic rings. The molecule has 0 aliphatic carbocycles. The van der Waals surface area contributed by atoms with Gasteiger partial charge in [0.2, 0.25) is 0 Å². The summed E-state index contributed by atoms with van der Waals surface area (Å²) < 4.78 is 0.998. The molecule has 4 heteroatoms. The molecule has 0 aliphatic heterocycles. The van der Waals surface area contributed by atoms with Crippen LogP contribution in [0.3, 0.4) is 0 Å². The van der Waals surface area contributed by atoms with Gasteiger partial charge in [-0.15, -0.1) is 0 Å². The van der Waals surface area contributed by atoms with Crippen molar-refractivity contribution in [2.75, 3.05) is 11.5 Å². The molecule has 1 N–H and O–H groups in total. The number of nitrogens with one attached hydrogen (secondary N) is 1. The standard InChI is InChI=1S/C13H18INOS/c1-3-17-9-8-10(2)15-13(16)11-6-4-5-7-12(11)14/h4-7,10H,3,8-9H2,1-2H3,(H,15,16). The fourth-order valence-corrected chi connectivity index (χ4v) is 2.86. The normalized spacial score (nSPS) is 12.2. The summed E-state index contributed by atoms with van der Waals surface area (Å²) in [6.45, 7) is 4.21. The highest BCUT2D eigenvalue weighted by atomic mass is 127. The Hall–Kier alpha value is -0.230. The van der Waals surface area contributed by atoms with Gasteiger partial charge in [0.15, 0.2) is 0 Å². The molecule has 0 heterocycles. The van der Waals surface area contributed by atoms with Gasteiger partial charge >= 0.3 is 0 Å². The van der Waals surface area contributed by atoms with Crippen molar-refractivity contribution in [3.05, 3.63) is 33.4 Å². The van der Waals surface area contributed by atoms with E-state index in [9.17, 15) is 4.79 Å². The average molecular weight is 363 g/mol. The van der Waals surface area contributed by atoms with Gasteiger partial charge in [0.05, 0.1) is 5.56 Å². The summed E-state index contributed by atoms with van der Waals surface area (Å²) in [7, 11) is 0. The van der Waals surface area contributed by atoms with Crippen LogP contribution in [-0.4, -0.2) is 23.5 Å². The Bertz CT molecular complexity index is 370. The van der Waals surface area contributed by atoms with Crippen molar-refractivity contribution in [2.45, 2.75) is 26.3 Å². The average Bonchev–Trinajstić information content (AvgIpc) is 2.29. The van der Waals surface area contributed by atoms with E-state index >= 15 is 0 Å². The Balaban J connectivity index is 2.46. The Kier molecular flexibility index (Phi) is 6.96.